The third-order valence-corrected chi connectivity index (χ3v) is 3.67. The highest BCUT2D eigenvalue weighted by Crippen LogP contribution is 2.44. The largest absolute Gasteiger partial charge is 0.488 e. The van der Waals surface area contributed by atoms with E-state index in [1.54, 1.807) is 0 Å². The van der Waals surface area contributed by atoms with Gasteiger partial charge in [0.15, 0.2) is 0 Å². The summed E-state index contributed by atoms with van der Waals surface area (Å²) in [5.41, 5.74) is 1.50. The smallest absolute Gasteiger partial charge is 0.129 e. The molecule has 1 unspecified atom stereocenters. The van der Waals surface area contributed by atoms with Crippen molar-refractivity contribution >= 4 is 0 Å². The van der Waals surface area contributed by atoms with Crippen LogP contribution in [-0.2, 0) is 6.61 Å². The highest BCUT2D eigenvalue weighted by Gasteiger charge is 2.34. The van der Waals surface area contributed by atoms with Crippen molar-refractivity contribution in [2.24, 2.45) is 0 Å². The van der Waals surface area contributed by atoms with E-state index in [0.29, 0.717) is 24.5 Å². The molecule has 1 aliphatic rings. The molecule has 0 saturated heterocycles. The van der Waals surface area contributed by atoms with Crippen LogP contribution < -0.4 is 9.47 Å². The van der Waals surface area contributed by atoms with Gasteiger partial charge in [0.2, 0.25) is 0 Å². The molecule has 3 heteroatoms. The van der Waals surface area contributed by atoms with Crippen LogP contribution in [0.5, 0.6) is 11.5 Å². The molecule has 1 aliphatic heterocycles. The lowest BCUT2D eigenvalue weighted by atomic mass is 9.91. The number of benzene rings is 2. The van der Waals surface area contributed by atoms with Crippen molar-refractivity contribution in [3.8, 4) is 11.5 Å². The van der Waals surface area contributed by atoms with Crippen LogP contribution in [0.25, 0.3) is 0 Å². The molecule has 0 amide bonds. The zero-order chi connectivity index (χ0) is 14.9. The first-order valence-electron chi connectivity index (χ1n) is 7.22. The van der Waals surface area contributed by atoms with Gasteiger partial charge >= 0.3 is 0 Å². The van der Waals surface area contributed by atoms with Gasteiger partial charge in [0.05, 0.1) is 11.7 Å². The summed E-state index contributed by atoms with van der Waals surface area (Å²) >= 11 is 0. The van der Waals surface area contributed by atoms with Crippen molar-refractivity contribution in [1.29, 1.82) is 0 Å². The van der Waals surface area contributed by atoms with E-state index in [9.17, 15) is 5.11 Å². The van der Waals surface area contributed by atoms with Gasteiger partial charge in [0.1, 0.15) is 23.7 Å². The van der Waals surface area contributed by atoms with Crippen LogP contribution in [0, 0.1) is 0 Å². The Kier molecular flexibility index (Phi) is 3.60. The molecular weight excluding hydrogens is 264 g/mol. The first-order chi connectivity index (χ1) is 10.1. The van der Waals surface area contributed by atoms with E-state index < -0.39 is 6.10 Å². The minimum Gasteiger partial charge on any atom is -0.488 e. The first kappa shape index (κ1) is 14.0. The number of hydrogen-bond acceptors (Lipinski definition) is 3. The van der Waals surface area contributed by atoms with Crippen molar-refractivity contribution in [3.63, 3.8) is 0 Å². The van der Waals surface area contributed by atoms with Crippen molar-refractivity contribution in [2.75, 3.05) is 0 Å². The average molecular weight is 284 g/mol. The Morgan fingerprint density at radius 3 is 2.67 bits per heavy atom. The van der Waals surface area contributed by atoms with Gasteiger partial charge < -0.3 is 14.6 Å². The summed E-state index contributed by atoms with van der Waals surface area (Å²) in [5.74, 6) is 1.41. The highest BCUT2D eigenvalue weighted by molar-refractivity contribution is 5.48. The Hall–Kier alpha value is -2.00. The van der Waals surface area contributed by atoms with Gasteiger partial charge in [-0.3, -0.25) is 0 Å². The second kappa shape index (κ2) is 5.41. The standard InChI is InChI=1S/C18H20O3/c1-18(2)11-14(19)17-15(9-6-10-16(17)21-18)20-12-13-7-4-3-5-8-13/h3-10,14,19H,11-12H2,1-2H3. The number of hydrogen-bond donors (Lipinski definition) is 1. The lowest BCUT2D eigenvalue weighted by molar-refractivity contribution is 0.00949. The predicted octanol–water partition coefficient (Wildman–Crippen LogP) is 3.86. The molecule has 1 N–H and O–H groups in total. The summed E-state index contributed by atoms with van der Waals surface area (Å²) in [7, 11) is 0. The molecule has 0 bridgehead atoms. The fourth-order valence-electron chi connectivity index (χ4n) is 2.71. The minimum atomic E-state index is -0.560. The van der Waals surface area contributed by atoms with E-state index in [-0.39, 0.29) is 5.60 Å². The number of rotatable bonds is 3. The zero-order valence-electron chi connectivity index (χ0n) is 12.4. The minimum absolute atomic E-state index is 0.357. The van der Waals surface area contributed by atoms with Crippen LogP contribution in [0.1, 0.15) is 37.5 Å². The molecule has 2 aromatic carbocycles. The van der Waals surface area contributed by atoms with Crippen LogP contribution in [0.2, 0.25) is 0 Å². The van der Waals surface area contributed by atoms with E-state index in [1.807, 2.05) is 62.4 Å². The van der Waals surface area contributed by atoms with Crippen LogP contribution in [0.4, 0.5) is 0 Å². The average Bonchev–Trinajstić information content (AvgIpc) is 2.44. The van der Waals surface area contributed by atoms with Crippen LogP contribution in [0.15, 0.2) is 48.5 Å². The Balaban J connectivity index is 1.84. The Labute approximate surface area is 125 Å². The van der Waals surface area contributed by atoms with Gasteiger partial charge in [0, 0.05) is 6.42 Å². The van der Waals surface area contributed by atoms with E-state index >= 15 is 0 Å². The summed E-state index contributed by atoms with van der Waals surface area (Å²) in [6.07, 6.45) is 0.00171. The normalized spacial score (nSPS) is 19.5. The third kappa shape index (κ3) is 3.03. The lowest BCUT2D eigenvalue weighted by Crippen LogP contribution is -2.35. The molecule has 21 heavy (non-hydrogen) atoms. The first-order valence-corrected chi connectivity index (χ1v) is 7.22. The van der Waals surface area contributed by atoms with Gasteiger partial charge in [-0.25, -0.2) is 0 Å². The summed E-state index contributed by atoms with van der Waals surface area (Å²) < 4.78 is 11.8. The summed E-state index contributed by atoms with van der Waals surface area (Å²) in [5, 5.41) is 10.4. The highest BCUT2D eigenvalue weighted by atomic mass is 16.5. The number of ether oxygens (including phenoxy) is 2. The molecule has 3 rings (SSSR count). The van der Waals surface area contributed by atoms with Gasteiger partial charge in [-0.15, -0.1) is 0 Å². The second-order valence-electron chi connectivity index (χ2n) is 6.02. The third-order valence-electron chi connectivity index (χ3n) is 3.67. The molecule has 3 nitrogen and oxygen atoms in total. The van der Waals surface area contributed by atoms with Gasteiger partial charge in [-0.1, -0.05) is 36.4 Å². The molecule has 0 saturated carbocycles. The fourth-order valence-corrected chi connectivity index (χ4v) is 2.71. The van der Waals surface area contributed by atoms with Crippen molar-refractivity contribution in [3.05, 3.63) is 59.7 Å². The summed E-state index contributed by atoms with van der Waals surface area (Å²) in [4.78, 5) is 0. The van der Waals surface area contributed by atoms with E-state index in [4.69, 9.17) is 9.47 Å². The van der Waals surface area contributed by atoms with E-state index in [1.165, 1.54) is 0 Å². The second-order valence-corrected chi connectivity index (χ2v) is 6.02. The molecule has 0 fully saturated rings. The van der Waals surface area contributed by atoms with Crippen LogP contribution in [-0.4, -0.2) is 10.7 Å². The zero-order valence-corrected chi connectivity index (χ0v) is 12.4. The molecule has 0 aromatic heterocycles. The van der Waals surface area contributed by atoms with E-state index in [2.05, 4.69) is 0 Å². The van der Waals surface area contributed by atoms with Gasteiger partial charge in [0.25, 0.3) is 0 Å². The number of fused-ring (bicyclic) bond motifs is 1. The molecule has 0 spiro atoms. The fraction of sp³-hybridized carbons (Fsp3) is 0.333. The summed E-state index contributed by atoms with van der Waals surface area (Å²) in [6.45, 7) is 4.45. The maximum atomic E-state index is 10.4. The molecule has 0 radical (unpaired) electrons. The van der Waals surface area contributed by atoms with Gasteiger partial charge in [-0.2, -0.15) is 0 Å². The monoisotopic (exact) mass is 284 g/mol. The molecule has 1 atom stereocenters. The topological polar surface area (TPSA) is 38.7 Å². The maximum Gasteiger partial charge on any atom is 0.129 e. The molecule has 1 heterocycles. The number of aliphatic hydroxyl groups is 1. The maximum absolute atomic E-state index is 10.4. The van der Waals surface area contributed by atoms with Crippen molar-refractivity contribution in [2.45, 2.75) is 38.6 Å². The molecule has 2 aromatic rings. The lowest BCUT2D eigenvalue weighted by Gasteiger charge is -2.36. The Morgan fingerprint density at radius 2 is 1.90 bits per heavy atom. The van der Waals surface area contributed by atoms with Crippen LogP contribution >= 0.6 is 0 Å². The van der Waals surface area contributed by atoms with Crippen LogP contribution in [0.3, 0.4) is 0 Å². The quantitative estimate of drug-likeness (QED) is 0.930. The van der Waals surface area contributed by atoms with Crippen molar-refractivity contribution in [1.82, 2.24) is 0 Å². The molecule has 0 aliphatic carbocycles. The van der Waals surface area contributed by atoms with E-state index in [0.717, 1.165) is 11.1 Å². The Morgan fingerprint density at radius 1 is 1.14 bits per heavy atom. The molecule has 110 valence electrons. The van der Waals surface area contributed by atoms with Crippen molar-refractivity contribution < 1.29 is 14.6 Å². The SMILES string of the molecule is CC1(C)CC(O)c2c(OCc3ccccc3)cccc2O1. The van der Waals surface area contributed by atoms with Gasteiger partial charge in [-0.05, 0) is 31.5 Å². The Bertz CT molecular complexity index is 620. The summed E-state index contributed by atoms with van der Waals surface area (Å²) in [6, 6.07) is 15.7. The predicted molar refractivity (Wildman–Crippen MR) is 81.5 cm³/mol. The number of aliphatic hydroxyl groups excluding tert-OH is 1. The molecular formula is C18H20O3.